The highest BCUT2D eigenvalue weighted by Crippen LogP contribution is 2.27. The second kappa shape index (κ2) is 9.92. The number of rotatable bonds is 6. The number of benzene rings is 2. The van der Waals surface area contributed by atoms with Gasteiger partial charge in [-0.2, -0.15) is 0 Å². The SMILES string of the molecule is CCCOc1ccc(C(=O)Nc2ccccc2C(=O)N2CCC(C)CC2)cc1Br. The first-order valence-electron chi connectivity index (χ1n) is 10.1. The molecule has 1 aliphatic heterocycles. The van der Waals surface area contributed by atoms with Gasteiger partial charge in [-0.15, -0.1) is 0 Å². The van der Waals surface area contributed by atoms with Gasteiger partial charge in [-0.25, -0.2) is 0 Å². The lowest BCUT2D eigenvalue weighted by Gasteiger charge is -2.30. The number of piperidine rings is 1. The predicted molar refractivity (Wildman–Crippen MR) is 119 cm³/mol. The molecular formula is C23H27BrN2O3. The highest BCUT2D eigenvalue weighted by molar-refractivity contribution is 9.10. The number of halogens is 1. The van der Waals surface area contributed by atoms with E-state index in [9.17, 15) is 9.59 Å². The molecule has 1 heterocycles. The van der Waals surface area contributed by atoms with Crippen molar-refractivity contribution in [2.75, 3.05) is 25.0 Å². The van der Waals surface area contributed by atoms with Crippen molar-refractivity contribution in [2.45, 2.75) is 33.1 Å². The Morgan fingerprint density at radius 1 is 1.17 bits per heavy atom. The number of carbonyl (C=O) groups excluding carboxylic acids is 2. The molecule has 0 unspecified atom stereocenters. The highest BCUT2D eigenvalue weighted by atomic mass is 79.9. The van der Waals surface area contributed by atoms with Crippen LogP contribution in [0.3, 0.4) is 0 Å². The average Bonchev–Trinajstić information content (AvgIpc) is 2.73. The number of nitrogens with one attached hydrogen (secondary N) is 1. The number of nitrogens with zero attached hydrogens (tertiary/aromatic N) is 1. The summed E-state index contributed by atoms with van der Waals surface area (Å²) >= 11 is 3.46. The van der Waals surface area contributed by atoms with Crippen molar-refractivity contribution in [3.8, 4) is 5.75 Å². The first-order chi connectivity index (χ1) is 14.0. The van der Waals surface area contributed by atoms with Gasteiger partial charge < -0.3 is 15.0 Å². The molecule has 5 nitrogen and oxygen atoms in total. The molecule has 0 saturated carbocycles. The van der Waals surface area contributed by atoms with E-state index in [1.54, 1.807) is 30.3 Å². The van der Waals surface area contributed by atoms with Crippen molar-refractivity contribution in [1.29, 1.82) is 0 Å². The maximum absolute atomic E-state index is 13.0. The summed E-state index contributed by atoms with van der Waals surface area (Å²) in [5.74, 6) is 1.06. The summed E-state index contributed by atoms with van der Waals surface area (Å²) in [6.07, 6.45) is 2.94. The average molecular weight is 459 g/mol. The van der Waals surface area contributed by atoms with Gasteiger partial charge in [-0.1, -0.05) is 26.0 Å². The lowest BCUT2D eigenvalue weighted by molar-refractivity contribution is 0.0698. The summed E-state index contributed by atoms with van der Waals surface area (Å²) in [5, 5.41) is 2.90. The minimum Gasteiger partial charge on any atom is -0.492 e. The summed E-state index contributed by atoms with van der Waals surface area (Å²) < 4.78 is 6.36. The number of likely N-dealkylation sites (tertiary alicyclic amines) is 1. The molecule has 2 aromatic rings. The summed E-state index contributed by atoms with van der Waals surface area (Å²) in [7, 11) is 0. The van der Waals surface area contributed by atoms with Gasteiger partial charge in [0, 0.05) is 18.7 Å². The largest absolute Gasteiger partial charge is 0.492 e. The van der Waals surface area contributed by atoms with E-state index in [1.807, 2.05) is 24.0 Å². The van der Waals surface area contributed by atoms with Gasteiger partial charge in [-0.3, -0.25) is 9.59 Å². The van der Waals surface area contributed by atoms with E-state index in [2.05, 4.69) is 28.2 Å². The fourth-order valence-corrected chi connectivity index (χ4v) is 3.82. The quantitative estimate of drug-likeness (QED) is 0.633. The number of hydrogen-bond donors (Lipinski definition) is 1. The van der Waals surface area contributed by atoms with Crippen molar-refractivity contribution in [3.05, 3.63) is 58.1 Å². The van der Waals surface area contributed by atoms with Gasteiger partial charge in [0.15, 0.2) is 0 Å². The van der Waals surface area contributed by atoms with E-state index >= 15 is 0 Å². The molecule has 6 heteroatoms. The molecule has 1 N–H and O–H groups in total. The molecule has 0 spiro atoms. The second-order valence-corrected chi connectivity index (χ2v) is 8.32. The van der Waals surface area contributed by atoms with Crippen LogP contribution in [0.1, 0.15) is 53.8 Å². The van der Waals surface area contributed by atoms with Crippen LogP contribution in [0.2, 0.25) is 0 Å². The zero-order valence-electron chi connectivity index (χ0n) is 16.9. The fraction of sp³-hybridized carbons (Fsp3) is 0.391. The van der Waals surface area contributed by atoms with Crippen molar-refractivity contribution >= 4 is 33.4 Å². The lowest BCUT2D eigenvalue weighted by atomic mass is 9.98. The third-order valence-electron chi connectivity index (χ3n) is 5.13. The molecule has 0 bridgehead atoms. The third-order valence-corrected chi connectivity index (χ3v) is 5.75. The van der Waals surface area contributed by atoms with E-state index in [1.165, 1.54) is 0 Å². The Kier molecular flexibility index (Phi) is 7.31. The maximum Gasteiger partial charge on any atom is 0.255 e. The van der Waals surface area contributed by atoms with E-state index < -0.39 is 0 Å². The summed E-state index contributed by atoms with van der Waals surface area (Å²) in [6, 6.07) is 12.4. The maximum atomic E-state index is 13.0. The highest BCUT2D eigenvalue weighted by Gasteiger charge is 2.23. The smallest absolute Gasteiger partial charge is 0.255 e. The monoisotopic (exact) mass is 458 g/mol. The third kappa shape index (κ3) is 5.38. The van der Waals surface area contributed by atoms with Crippen molar-refractivity contribution in [1.82, 2.24) is 4.90 Å². The minimum absolute atomic E-state index is 0.0303. The van der Waals surface area contributed by atoms with Gasteiger partial charge in [-0.05, 0) is 71.4 Å². The zero-order valence-corrected chi connectivity index (χ0v) is 18.5. The number of ether oxygens (including phenoxy) is 1. The van der Waals surface area contributed by atoms with Crippen LogP contribution in [-0.4, -0.2) is 36.4 Å². The van der Waals surface area contributed by atoms with Crippen LogP contribution in [0.25, 0.3) is 0 Å². The topological polar surface area (TPSA) is 58.6 Å². The Bertz CT molecular complexity index is 876. The molecule has 1 fully saturated rings. The predicted octanol–water partition coefficient (Wildman–Crippen LogP) is 5.36. The van der Waals surface area contributed by atoms with Crippen LogP contribution in [-0.2, 0) is 0 Å². The van der Waals surface area contributed by atoms with Gasteiger partial charge in [0.25, 0.3) is 11.8 Å². The summed E-state index contributed by atoms with van der Waals surface area (Å²) in [5.41, 5.74) is 1.55. The van der Waals surface area contributed by atoms with Crippen LogP contribution in [0.15, 0.2) is 46.9 Å². The standard InChI is InChI=1S/C23H27BrN2O3/c1-3-14-29-21-9-8-17(15-19(21)24)22(27)25-20-7-5-4-6-18(20)23(28)26-12-10-16(2)11-13-26/h4-9,15-16H,3,10-14H2,1-2H3,(H,25,27). The van der Waals surface area contributed by atoms with E-state index in [0.29, 0.717) is 35.1 Å². The molecular weight excluding hydrogens is 432 g/mol. The number of amides is 2. The van der Waals surface area contributed by atoms with E-state index in [4.69, 9.17) is 4.74 Å². The molecule has 1 aliphatic rings. The molecule has 29 heavy (non-hydrogen) atoms. The van der Waals surface area contributed by atoms with Gasteiger partial charge in [0.1, 0.15) is 5.75 Å². The van der Waals surface area contributed by atoms with E-state index in [-0.39, 0.29) is 11.8 Å². The van der Waals surface area contributed by atoms with Crippen molar-refractivity contribution in [3.63, 3.8) is 0 Å². The molecule has 154 valence electrons. The molecule has 1 saturated heterocycles. The van der Waals surface area contributed by atoms with Crippen LogP contribution >= 0.6 is 15.9 Å². The number of para-hydroxylation sites is 1. The zero-order chi connectivity index (χ0) is 20.8. The molecule has 3 rings (SSSR count). The minimum atomic E-state index is -0.264. The normalized spacial score (nSPS) is 14.5. The second-order valence-electron chi connectivity index (χ2n) is 7.47. The van der Waals surface area contributed by atoms with Crippen molar-refractivity contribution < 1.29 is 14.3 Å². The fourth-order valence-electron chi connectivity index (χ4n) is 3.33. The van der Waals surface area contributed by atoms with Crippen LogP contribution in [0.4, 0.5) is 5.69 Å². The molecule has 0 atom stereocenters. The first kappa shape index (κ1) is 21.4. The lowest BCUT2D eigenvalue weighted by Crippen LogP contribution is -2.38. The van der Waals surface area contributed by atoms with Gasteiger partial charge >= 0.3 is 0 Å². The van der Waals surface area contributed by atoms with Gasteiger partial charge in [0.05, 0.1) is 22.3 Å². The summed E-state index contributed by atoms with van der Waals surface area (Å²) in [4.78, 5) is 27.7. The van der Waals surface area contributed by atoms with Crippen molar-refractivity contribution in [2.24, 2.45) is 5.92 Å². The van der Waals surface area contributed by atoms with Crippen LogP contribution in [0.5, 0.6) is 5.75 Å². The Labute approximate surface area is 180 Å². The number of hydrogen-bond acceptors (Lipinski definition) is 3. The number of anilines is 1. The Morgan fingerprint density at radius 3 is 2.59 bits per heavy atom. The van der Waals surface area contributed by atoms with Crippen LogP contribution < -0.4 is 10.1 Å². The van der Waals surface area contributed by atoms with E-state index in [0.717, 1.165) is 36.8 Å². The first-order valence-corrected chi connectivity index (χ1v) is 10.9. The number of carbonyl (C=O) groups is 2. The molecule has 0 aliphatic carbocycles. The Balaban J connectivity index is 1.74. The summed E-state index contributed by atoms with van der Waals surface area (Å²) in [6.45, 7) is 6.39. The molecule has 2 amide bonds. The molecule has 0 radical (unpaired) electrons. The molecule has 2 aromatic carbocycles. The van der Waals surface area contributed by atoms with Crippen LogP contribution in [0, 0.1) is 5.92 Å². The van der Waals surface area contributed by atoms with Gasteiger partial charge in [0.2, 0.25) is 0 Å². The Hall–Kier alpha value is -2.34. The molecule has 0 aromatic heterocycles. The Morgan fingerprint density at radius 2 is 1.90 bits per heavy atom.